The second kappa shape index (κ2) is 4.47. The van der Waals surface area contributed by atoms with Crippen molar-refractivity contribution in [2.75, 3.05) is 0 Å². The van der Waals surface area contributed by atoms with Crippen molar-refractivity contribution in [2.24, 2.45) is 0 Å². The highest BCUT2D eigenvalue weighted by atomic mass is 35.5. The number of benzene rings is 1. The van der Waals surface area contributed by atoms with Gasteiger partial charge in [-0.3, -0.25) is 4.79 Å². The lowest BCUT2D eigenvalue weighted by atomic mass is 9.96. The molecule has 1 N–H and O–H groups in total. The molecule has 3 heteroatoms. The molecule has 2 nitrogen and oxygen atoms in total. The highest BCUT2D eigenvalue weighted by Crippen LogP contribution is 2.20. The second-order valence-corrected chi connectivity index (χ2v) is 3.62. The first-order valence-electron chi connectivity index (χ1n) is 4.42. The van der Waals surface area contributed by atoms with Gasteiger partial charge in [0, 0.05) is 5.88 Å². The molecule has 0 amide bonds. The summed E-state index contributed by atoms with van der Waals surface area (Å²) in [6.45, 7) is 3.84. The standard InChI is InChI=1S/C11H13ClO2/c1-7-3-4-9(6-12)8(2)10(7)5-11(13)14/h3-4H,5-6H2,1-2H3,(H,13,14). The third kappa shape index (κ3) is 2.26. The Morgan fingerprint density at radius 1 is 1.43 bits per heavy atom. The van der Waals surface area contributed by atoms with Crippen LogP contribution in [0.15, 0.2) is 12.1 Å². The van der Waals surface area contributed by atoms with E-state index in [1.807, 2.05) is 26.0 Å². The van der Waals surface area contributed by atoms with Gasteiger partial charge in [-0.15, -0.1) is 11.6 Å². The molecule has 1 rings (SSSR count). The van der Waals surface area contributed by atoms with Gasteiger partial charge in [0.05, 0.1) is 6.42 Å². The smallest absolute Gasteiger partial charge is 0.307 e. The van der Waals surface area contributed by atoms with Gasteiger partial charge in [-0.25, -0.2) is 0 Å². The van der Waals surface area contributed by atoms with Crippen LogP contribution in [0.25, 0.3) is 0 Å². The van der Waals surface area contributed by atoms with Crippen LogP contribution >= 0.6 is 11.6 Å². The lowest BCUT2D eigenvalue weighted by molar-refractivity contribution is -0.136. The molecule has 0 atom stereocenters. The Kier molecular flexibility index (Phi) is 3.53. The van der Waals surface area contributed by atoms with Crippen molar-refractivity contribution < 1.29 is 9.90 Å². The van der Waals surface area contributed by atoms with Gasteiger partial charge in [0.1, 0.15) is 0 Å². The van der Waals surface area contributed by atoms with Crippen LogP contribution in [0.2, 0.25) is 0 Å². The summed E-state index contributed by atoms with van der Waals surface area (Å²) in [4.78, 5) is 10.6. The van der Waals surface area contributed by atoms with Crippen molar-refractivity contribution in [2.45, 2.75) is 26.1 Å². The summed E-state index contributed by atoms with van der Waals surface area (Å²) >= 11 is 5.75. The van der Waals surface area contributed by atoms with Crippen LogP contribution in [-0.4, -0.2) is 11.1 Å². The number of rotatable bonds is 3. The van der Waals surface area contributed by atoms with Crippen molar-refractivity contribution in [1.82, 2.24) is 0 Å². The molecule has 0 fully saturated rings. The van der Waals surface area contributed by atoms with E-state index < -0.39 is 5.97 Å². The number of carboxylic acids is 1. The van der Waals surface area contributed by atoms with E-state index in [-0.39, 0.29) is 6.42 Å². The summed E-state index contributed by atoms with van der Waals surface area (Å²) in [5.41, 5.74) is 3.91. The molecule has 0 radical (unpaired) electrons. The molecule has 0 aromatic heterocycles. The Balaban J connectivity index is 3.18. The number of alkyl halides is 1. The van der Waals surface area contributed by atoms with Crippen molar-refractivity contribution in [3.8, 4) is 0 Å². The predicted molar refractivity (Wildman–Crippen MR) is 56.8 cm³/mol. The SMILES string of the molecule is Cc1ccc(CCl)c(C)c1CC(=O)O. The number of halogens is 1. The molecule has 1 aromatic carbocycles. The van der Waals surface area contributed by atoms with Gasteiger partial charge in [-0.2, -0.15) is 0 Å². The van der Waals surface area contributed by atoms with E-state index >= 15 is 0 Å². The van der Waals surface area contributed by atoms with E-state index in [1.54, 1.807) is 0 Å². The molecule has 0 saturated carbocycles. The van der Waals surface area contributed by atoms with Crippen LogP contribution in [0.4, 0.5) is 0 Å². The molecule has 1 aromatic rings. The van der Waals surface area contributed by atoms with Crippen LogP contribution in [0.1, 0.15) is 22.3 Å². The van der Waals surface area contributed by atoms with Gasteiger partial charge in [-0.05, 0) is 36.1 Å². The molecule has 0 aliphatic carbocycles. The molecule has 0 unspecified atom stereocenters. The maximum atomic E-state index is 10.6. The maximum Gasteiger partial charge on any atom is 0.307 e. The summed E-state index contributed by atoms with van der Waals surface area (Å²) in [7, 11) is 0. The zero-order valence-corrected chi connectivity index (χ0v) is 9.06. The summed E-state index contributed by atoms with van der Waals surface area (Å²) in [5, 5.41) is 8.75. The normalized spacial score (nSPS) is 10.2. The largest absolute Gasteiger partial charge is 0.481 e. The second-order valence-electron chi connectivity index (χ2n) is 3.35. The molecule has 0 saturated heterocycles. The molecular weight excluding hydrogens is 200 g/mol. The molecular formula is C11H13ClO2. The van der Waals surface area contributed by atoms with Gasteiger partial charge in [0.2, 0.25) is 0 Å². The predicted octanol–water partition coefficient (Wildman–Crippen LogP) is 2.67. The molecule has 14 heavy (non-hydrogen) atoms. The Hall–Kier alpha value is -1.02. The van der Waals surface area contributed by atoms with Crippen LogP contribution in [0.3, 0.4) is 0 Å². The first-order chi connectivity index (χ1) is 6.56. The topological polar surface area (TPSA) is 37.3 Å². The van der Waals surface area contributed by atoms with Crippen LogP contribution in [0.5, 0.6) is 0 Å². The lowest BCUT2D eigenvalue weighted by Crippen LogP contribution is -2.05. The van der Waals surface area contributed by atoms with E-state index in [1.165, 1.54) is 0 Å². The quantitative estimate of drug-likeness (QED) is 0.783. The minimum absolute atomic E-state index is 0.0718. The Labute approximate surface area is 88.5 Å². The van der Waals surface area contributed by atoms with Crippen molar-refractivity contribution >= 4 is 17.6 Å². The molecule has 0 spiro atoms. The van der Waals surface area contributed by atoms with E-state index in [2.05, 4.69) is 0 Å². The third-order valence-electron chi connectivity index (χ3n) is 2.42. The molecule has 0 aliphatic heterocycles. The Morgan fingerprint density at radius 3 is 2.57 bits per heavy atom. The molecule has 76 valence electrons. The summed E-state index contributed by atoms with van der Waals surface area (Å²) < 4.78 is 0. The number of aliphatic carboxylic acids is 1. The summed E-state index contributed by atoms with van der Waals surface area (Å²) in [5.74, 6) is -0.374. The van der Waals surface area contributed by atoms with Gasteiger partial charge in [-0.1, -0.05) is 12.1 Å². The zero-order valence-electron chi connectivity index (χ0n) is 8.30. The number of carboxylic acid groups (broad SMARTS) is 1. The van der Waals surface area contributed by atoms with Gasteiger partial charge < -0.3 is 5.11 Å². The Morgan fingerprint density at radius 2 is 2.07 bits per heavy atom. The molecule has 0 heterocycles. The van der Waals surface area contributed by atoms with Crippen LogP contribution < -0.4 is 0 Å². The average molecular weight is 213 g/mol. The third-order valence-corrected chi connectivity index (χ3v) is 2.70. The minimum Gasteiger partial charge on any atom is -0.481 e. The van der Waals surface area contributed by atoms with Gasteiger partial charge in [0.25, 0.3) is 0 Å². The van der Waals surface area contributed by atoms with E-state index in [0.29, 0.717) is 5.88 Å². The molecule has 0 bridgehead atoms. The van der Waals surface area contributed by atoms with Crippen molar-refractivity contribution in [3.63, 3.8) is 0 Å². The first kappa shape index (κ1) is 11.1. The monoisotopic (exact) mass is 212 g/mol. The van der Waals surface area contributed by atoms with E-state index in [0.717, 1.165) is 22.3 Å². The highest BCUT2D eigenvalue weighted by molar-refractivity contribution is 6.17. The van der Waals surface area contributed by atoms with E-state index in [9.17, 15) is 4.79 Å². The fraction of sp³-hybridized carbons (Fsp3) is 0.364. The van der Waals surface area contributed by atoms with Gasteiger partial charge in [0.15, 0.2) is 0 Å². The number of hydrogen-bond acceptors (Lipinski definition) is 1. The lowest BCUT2D eigenvalue weighted by Gasteiger charge is -2.10. The fourth-order valence-corrected chi connectivity index (χ4v) is 1.80. The van der Waals surface area contributed by atoms with Crippen LogP contribution in [0, 0.1) is 13.8 Å². The van der Waals surface area contributed by atoms with E-state index in [4.69, 9.17) is 16.7 Å². The molecule has 0 aliphatic rings. The minimum atomic E-state index is -0.803. The zero-order chi connectivity index (χ0) is 10.7. The fourth-order valence-electron chi connectivity index (χ4n) is 1.51. The Bertz CT molecular complexity index is 359. The van der Waals surface area contributed by atoms with Gasteiger partial charge >= 0.3 is 5.97 Å². The van der Waals surface area contributed by atoms with Crippen molar-refractivity contribution in [3.05, 3.63) is 34.4 Å². The van der Waals surface area contributed by atoms with Crippen molar-refractivity contribution in [1.29, 1.82) is 0 Å². The summed E-state index contributed by atoms with van der Waals surface area (Å²) in [6, 6.07) is 3.87. The summed E-state index contributed by atoms with van der Waals surface area (Å²) in [6.07, 6.45) is 0.0718. The number of aryl methyl sites for hydroxylation is 1. The number of hydrogen-bond donors (Lipinski definition) is 1. The average Bonchev–Trinajstić information content (AvgIpc) is 2.12. The van der Waals surface area contributed by atoms with Crippen LogP contribution in [-0.2, 0) is 17.1 Å². The first-order valence-corrected chi connectivity index (χ1v) is 4.95. The number of carbonyl (C=O) groups is 1. The highest BCUT2D eigenvalue weighted by Gasteiger charge is 2.09. The maximum absolute atomic E-state index is 10.6.